The summed E-state index contributed by atoms with van der Waals surface area (Å²) in [5, 5.41) is 2.32. The number of thioether (sulfide) groups is 1. The molecule has 0 radical (unpaired) electrons. The Morgan fingerprint density at radius 1 is 1.38 bits per heavy atom. The van der Waals surface area contributed by atoms with Gasteiger partial charge in [0.1, 0.15) is 5.75 Å². The summed E-state index contributed by atoms with van der Waals surface area (Å²) in [6.07, 6.45) is 3.70. The molecule has 0 bridgehead atoms. The second-order valence-electron chi connectivity index (χ2n) is 4.08. The van der Waals surface area contributed by atoms with Crippen molar-refractivity contribution in [3.05, 3.63) is 34.7 Å². The molecule has 0 amide bonds. The lowest BCUT2D eigenvalue weighted by molar-refractivity contribution is 0.414. The Kier molecular flexibility index (Phi) is 3.94. The summed E-state index contributed by atoms with van der Waals surface area (Å²) >= 11 is 1.91. The summed E-state index contributed by atoms with van der Waals surface area (Å²) in [5.41, 5.74) is 4.32. The summed E-state index contributed by atoms with van der Waals surface area (Å²) in [6, 6.07) is 6.43. The lowest BCUT2D eigenvalue weighted by Crippen LogP contribution is -1.97. The number of hydrogen-bond acceptors (Lipinski definition) is 2. The maximum atomic E-state index is 5.30. The Balaban J connectivity index is 2.27. The zero-order chi connectivity index (χ0) is 11.4. The first-order chi connectivity index (χ1) is 7.85. The summed E-state index contributed by atoms with van der Waals surface area (Å²) < 4.78 is 5.30. The number of rotatable bonds is 4. The van der Waals surface area contributed by atoms with E-state index in [1.165, 1.54) is 36.0 Å². The molecule has 1 heterocycles. The molecule has 2 rings (SSSR count). The van der Waals surface area contributed by atoms with Gasteiger partial charge in [0.05, 0.1) is 7.11 Å². The highest BCUT2D eigenvalue weighted by Gasteiger charge is 2.13. The first-order valence-corrected chi connectivity index (χ1v) is 6.88. The fourth-order valence-electron chi connectivity index (χ4n) is 1.96. The third-order valence-electron chi connectivity index (χ3n) is 2.93. The highest BCUT2D eigenvalue weighted by molar-refractivity contribution is 8.01. The minimum atomic E-state index is 0.966. The van der Waals surface area contributed by atoms with Crippen LogP contribution in [0.4, 0.5) is 0 Å². The van der Waals surface area contributed by atoms with E-state index < -0.39 is 0 Å². The number of hydrogen-bond donors (Lipinski definition) is 0. The van der Waals surface area contributed by atoms with Crippen LogP contribution in [0.2, 0.25) is 0 Å². The maximum Gasteiger partial charge on any atom is 0.119 e. The van der Waals surface area contributed by atoms with E-state index in [4.69, 9.17) is 4.74 Å². The number of allylic oxidation sites excluding steroid dienone is 1. The van der Waals surface area contributed by atoms with Gasteiger partial charge in [-0.15, -0.1) is 11.8 Å². The van der Waals surface area contributed by atoms with E-state index in [0.29, 0.717) is 0 Å². The molecule has 0 saturated heterocycles. The third-order valence-corrected chi connectivity index (χ3v) is 3.86. The average molecular weight is 234 g/mol. The van der Waals surface area contributed by atoms with Gasteiger partial charge in [-0.3, -0.25) is 0 Å². The fraction of sp³-hybridized carbons (Fsp3) is 0.429. The summed E-state index contributed by atoms with van der Waals surface area (Å²) in [4.78, 5) is 0. The molecule has 1 aromatic rings. The van der Waals surface area contributed by atoms with E-state index in [0.717, 1.165) is 11.5 Å². The molecule has 1 aromatic carbocycles. The first kappa shape index (κ1) is 11.6. The molecule has 16 heavy (non-hydrogen) atoms. The Morgan fingerprint density at radius 3 is 3.00 bits per heavy atom. The van der Waals surface area contributed by atoms with Crippen molar-refractivity contribution in [3.63, 3.8) is 0 Å². The Bertz CT molecular complexity index is 396. The molecule has 0 atom stereocenters. The third kappa shape index (κ3) is 2.43. The van der Waals surface area contributed by atoms with Crippen LogP contribution in [-0.2, 0) is 5.75 Å². The molecule has 2 heteroatoms. The van der Waals surface area contributed by atoms with Crippen molar-refractivity contribution in [1.82, 2.24) is 0 Å². The first-order valence-electron chi connectivity index (χ1n) is 5.83. The topological polar surface area (TPSA) is 9.23 Å². The van der Waals surface area contributed by atoms with Gasteiger partial charge < -0.3 is 4.74 Å². The molecule has 1 aliphatic heterocycles. The number of methoxy groups -OCH3 is 1. The monoisotopic (exact) mass is 234 g/mol. The predicted molar refractivity (Wildman–Crippen MR) is 71.8 cm³/mol. The highest BCUT2D eigenvalue weighted by atomic mass is 32.2. The minimum absolute atomic E-state index is 0.966. The SMILES string of the molecule is CCCCC1=CSCc2ccc(OC)cc21. The molecule has 0 fully saturated rings. The molecule has 0 saturated carbocycles. The van der Waals surface area contributed by atoms with Crippen molar-refractivity contribution in [2.24, 2.45) is 0 Å². The molecule has 0 aromatic heterocycles. The van der Waals surface area contributed by atoms with Crippen LogP contribution in [0.15, 0.2) is 23.6 Å². The van der Waals surface area contributed by atoms with Crippen LogP contribution in [-0.4, -0.2) is 7.11 Å². The number of benzene rings is 1. The van der Waals surface area contributed by atoms with E-state index in [1.54, 1.807) is 7.11 Å². The van der Waals surface area contributed by atoms with E-state index in [-0.39, 0.29) is 0 Å². The average Bonchev–Trinajstić information content (AvgIpc) is 2.35. The van der Waals surface area contributed by atoms with E-state index in [1.807, 2.05) is 11.8 Å². The van der Waals surface area contributed by atoms with Gasteiger partial charge in [-0.05, 0) is 47.1 Å². The van der Waals surface area contributed by atoms with Crippen LogP contribution in [0, 0.1) is 0 Å². The van der Waals surface area contributed by atoms with Crippen molar-refractivity contribution in [1.29, 1.82) is 0 Å². The van der Waals surface area contributed by atoms with E-state index in [9.17, 15) is 0 Å². The van der Waals surface area contributed by atoms with E-state index in [2.05, 4.69) is 30.5 Å². The van der Waals surface area contributed by atoms with Gasteiger partial charge in [0.15, 0.2) is 0 Å². The van der Waals surface area contributed by atoms with Gasteiger partial charge in [-0.25, -0.2) is 0 Å². The van der Waals surface area contributed by atoms with Gasteiger partial charge in [0.2, 0.25) is 0 Å². The summed E-state index contributed by atoms with van der Waals surface area (Å²) in [6.45, 7) is 2.24. The molecule has 1 nitrogen and oxygen atoms in total. The zero-order valence-corrected chi connectivity index (χ0v) is 10.8. The van der Waals surface area contributed by atoms with Gasteiger partial charge in [0, 0.05) is 5.75 Å². The largest absolute Gasteiger partial charge is 0.497 e. The smallest absolute Gasteiger partial charge is 0.119 e. The van der Waals surface area contributed by atoms with Crippen LogP contribution in [0.5, 0.6) is 5.75 Å². The van der Waals surface area contributed by atoms with Crippen molar-refractivity contribution >= 4 is 17.3 Å². The molecule has 86 valence electrons. The standard InChI is InChI=1S/C14H18OS/c1-3-4-5-11-9-16-10-12-6-7-13(15-2)8-14(11)12/h6-9H,3-5,10H2,1-2H3. The highest BCUT2D eigenvalue weighted by Crippen LogP contribution is 2.36. The second-order valence-corrected chi connectivity index (χ2v) is 4.94. The second kappa shape index (κ2) is 5.44. The normalized spacial score (nSPS) is 14.2. The maximum absolute atomic E-state index is 5.30. The molecular weight excluding hydrogens is 216 g/mol. The van der Waals surface area contributed by atoms with Gasteiger partial charge in [0.25, 0.3) is 0 Å². The molecule has 0 aliphatic carbocycles. The van der Waals surface area contributed by atoms with Crippen LogP contribution >= 0.6 is 11.8 Å². The van der Waals surface area contributed by atoms with Crippen molar-refractivity contribution in [2.75, 3.05) is 7.11 Å². The number of fused-ring (bicyclic) bond motifs is 1. The van der Waals surface area contributed by atoms with Crippen molar-refractivity contribution in [3.8, 4) is 5.75 Å². The van der Waals surface area contributed by atoms with E-state index >= 15 is 0 Å². The molecular formula is C14H18OS. The Labute approximate surface area is 102 Å². The van der Waals surface area contributed by atoms with Crippen LogP contribution < -0.4 is 4.74 Å². The number of ether oxygens (including phenoxy) is 1. The van der Waals surface area contributed by atoms with Crippen LogP contribution in [0.3, 0.4) is 0 Å². The minimum Gasteiger partial charge on any atom is -0.497 e. The quantitative estimate of drug-likeness (QED) is 0.760. The van der Waals surface area contributed by atoms with Crippen LogP contribution in [0.25, 0.3) is 5.57 Å². The van der Waals surface area contributed by atoms with Gasteiger partial charge >= 0.3 is 0 Å². The molecule has 0 spiro atoms. The van der Waals surface area contributed by atoms with Gasteiger partial charge in [-0.1, -0.05) is 19.4 Å². The number of unbranched alkanes of at least 4 members (excludes halogenated alkanes) is 1. The molecule has 0 unspecified atom stereocenters. The fourth-order valence-corrected chi connectivity index (χ4v) is 2.92. The zero-order valence-electron chi connectivity index (χ0n) is 9.95. The summed E-state index contributed by atoms with van der Waals surface area (Å²) in [7, 11) is 1.73. The lowest BCUT2D eigenvalue weighted by Gasteiger charge is -2.18. The van der Waals surface area contributed by atoms with Crippen molar-refractivity contribution in [2.45, 2.75) is 31.9 Å². The lowest BCUT2D eigenvalue weighted by atomic mass is 9.97. The van der Waals surface area contributed by atoms with Crippen LogP contribution in [0.1, 0.15) is 37.3 Å². The summed E-state index contributed by atoms with van der Waals surface area (Å²) in [5.74, 6) is 2.06. The van der Waals surface area contributed by atoms with Gasteiger partial charge in [-0.2, -0.15) is 0 Å². The molecule has 0 N–H and O–H groups in total. The molecule has 1 aliphatic rings. The van der Waals surface area contributed by atoms with Crippen molar-refractivity contribution < 1.29 is 4.74 Å². The Morgan fingerprint density at radius 2 is 2.25 bits per heavy atom. The Hall–Kier alpha value is -0.890. The predicted octanol–water partition coefficient (Wildman–Crippen LogP) is 4.47.